The lowest BCUT2D eigenvalue weighted by Gasteiger charge is -2.36. The molecular formula is C20H32N2O3. The summed E-state index contributed by atoms with van der Waals surface area (Å²) in [4.78, 5) is 16.1. The van der Waals surface area contributed by atoms with Crippen molar-refractivity contribution in [3.63, 3.8) is 0 Å². The van der Waals surface area contributed by atoms with Crippen LogP contribution >= 0.6 is 0 Å². The first kappa shape index (κ1) is 19.7. The number of carbonyl (C=O) groups excluding carboxylic acids is 1. The second-order valence-electron chi connectivity index (χ2n) is 7.44. The Kier molecular flexibility index (Phi) is 7.26. The standard InChI is InChI=1S/C20H32N2O3/c1-15(2)18-7-5-6-8-19(18)25-14-17(23)13-21-9-11-22(12-10-21)20(24)16(3)4/h5-8,15-17,23H,9-14H2,1-4H3/t17-/m0/s1. The van der Waals surface area contributed by atoms with Crippen molar-refractivity contribution in [2.45, 2.75) is 39.7 Å². The third-order valence-corrected chi connectivity index (χ3v) is 4.62. The van der Waals surface area contributed by atoms with Crippen molar-refractivity contribution in [3.8, 4) is 5.75 Å². The van der Waals surface area contributed by atoms with Crippen LogP contribution in [-0.2, 0) is 4.79 Å². The number of hydrogen-bond donors (Lipinski definition) is 1. The van der Waals surface area contributed by atoms with Crippen molar-refractivity contribution in [3.05, 3.63) is 29.8 Å². The van der Waals surface area contributed by atoms with Gasteiger partial charge in [-0.05, 0) is 17.5 Å². The lowest BCUT2D eigenvalue weighted by Crippen LogP contribution is -2.51. The highest BCUT2D eigenvalue weighted by molar-refractivity contribution is 5.78. The Morgan fingerprint density at radius 1 is 1.12 bits per heavy atom. The summed E-state index contributed by atoms with van der Waals surface area (Å²) in [5.41, 5.74) is 1.16. The van der Waals surface area contributed by atoms with E-state index in [1.165, 1.54) is 0 Å². The maximum atomic E-state index is 12.0. The van der Waals surface area contributed by atoms with Gasteiger partial charge in [0.1, 0.15) is 18.5 Å². The molecule has 0 bridgehead atoms. The number of benzene rings is 1. The topological polar surface area (TPSA) is 53.0 Å². The average molecular weight is 348 g/mol. The molecule has 1 atom stereocenters. The predicted octanol–water partition coefficient (Wildman–Crippen LogP) is 2.35. The molecule has 0 aromatic heterocycles. The largest absolute Gasteiger partial charge is 0.491 e. The highest BCUT2D eigenvalue weighted by Gasteiger charge is 2.24. The molecule has 1 aliphatic rings. The number of piperazine rings is 1. The summed E-state index contributed by atoms with van der Waals surface area (Å²) >= 11 is 0. The van der Waals surface area contributed by atoms with E-state index < -0.39 is 6.10 Å². The highest BCUT2D eigenvalue weighted by Crippen LogP contribution is 2.25. The van der Waals surface area contributed by atoms with E-state index in [1.54, 1.807) is 0 Å². The minimum absolute atomic E-state index is 0.0477. The van der Waals surface area contributed by atoms with Gasteiger partial charge < -0.3 is 14.7 Å². The maximum absolute atomic E-state index is 12.0. The van der Waals surface area contributed by atoms with E-state index in [2.05, 4.69) is 24.8 Å². The van der Waals surface area contributed by atoms with Crippen molar-refractivity contribution in [1.29, 1.82) is 0 Å². The fourth-order valence-corrected chi connectivity index (χ4v) is 3.14. The molecule has 0 spiro atoms. The monoisotopic (exact) mass is 348 g/mol. The molecule has 25 heavy (non-hydrogen) atoms. The molecule has 5 nitrogen and oxygen atoms in total. The molecule has 1 aromatic rings. The molecule has 0 radical (unpaired) electrons. The van der Waals surface area contributed by atoms with Crippen LogP contribution in [0.3, 0.4) is 0 Å². The average Bonchev–Trinajstić information content (AvgIpc) is 2.60. The zero-order chi connectivity index (χ0) is 18.4. The summed E-state index contributed by atoms with van der Waals surface area (Å²) in [7, 11) is 0. The Morgan fingerprint density at radius 3 is 2.36 bits per heavy atom. The fourth-order valence-electron chi connectivity index (χ4n) is 3.14. The summed E-state index contributed by atoms with van der Waals surface area (Å²) in [6.07, 6.45) is -0.535. The molecule has 0 saturated carbocycles. The molecule has 0 aliphatic carbocycles. The summed E-state index contributed by atoms with van der Waals surface area (Å²) in [6, 6.07) is 7.99. The van der Waals surface area contributed by atoms with E-state index >= 15 is 0 Å². The first-order valence-corrected chi connectivity index (χ1v) is 9.29. The van der Waals surface area contributed by atoms with Gasteiger partial charge in [-0.25, -0.2) is 0 Å². The summed E-state index contributed by atoms with van der Waals surface area (Å²) < 4.78 is 5.85. The summed E-state index contributed by atoms with van der Waals surface area (Å²) in [6.45, 7) is 12.1. The minimum Gasteiger partial charge on any atom is -0.491 e. The lowest BCUT2D eigenvalue weighted by molar-refractivity contribution is -0.136. The normalized spacial score (nSPS) is 17.2. The number of amides is 1. The van der Waals surface area contributed by atoms with Crippen LogP contribution in [0.5, 0.6) is 5.75 Å². The lowest BCUT2D eigenvalue weighted by atomic mass is 10.0. The zero-order valence-electron chi connectivity index (χ0n) is 15.9. The van der Waals surface area contributed by atoms with Gasteiger partial charge in [0.25, 0.3) is 0 Å². The van der Waals surface area contributed by atoms with Crippen LogP contribution in [0.4, 0.5) is 0 Å². The quantitative estimate of drug-likeness (QED) is 0.822. The van der Waals surface area contributed by atoms with Crippen LogP contribution in [0.15, 0.2) is 24.3 Å². The van der Waals surface area contributed by atoms with Gasteiger partial charge in [0.2, 0.25) is 5.91 Å². The molecule has 140 valence electrons. The first-order chi connectivity index (χ1) is 11.9. The minimum atomic E-state index is -0.535. The molecule has 2 rings (SSSR count). The Hall–Kier alpha value is -1.59. The third-order valence-electron chi connectivity index (χ3n) is 4.62. The van der Waals surface area contributed by atoms with Gasteiger partial charge in [0.05, 0.1) is 0 Å². The second-order valence-corrected chi connectivity index (χ2v) is 7.44. The SMILES string of the molecule is CC(C)C(=O)N1CCN(C[C@H](O)COc2ccccc2C(C)C)CC1. The van der Waals surface area contributed by atoms with Gasteiger partial charge in [-0.1, -0.05) is 45.9 Å². The second kappa shape index (κ2) is 9.20. The van der Waals surface area contributed by atoms with Crippen LogP contribution in [0.2, 0.25) is 0 Å². The first-order valence-electron chi connectivity index (χ1n) is 9.29. The molecule has 1 amide bonds. The number of aliphatic hydroxyl groups excluding tert-OH is 1. The van der Waals surface area contributed by atoms with Gasteiger partial charge >= 0.3 is 0 Å². The molecule has 1 N–H and O–H groups in total. The van der Waals surface area contributed by atoms with Gasteiger partial charge in [-0.3, -0.25) is 9.69 Å². The Bertz CT molecular complexity index is 552. The number of β-amino-alcohol motifs (C(OH)–C–C–N with tert-alkyl or cyclic N) is 1. The van der Waals surface area contributed by atoms with Gasteiger partial charge in [0, 0.05) is 38.6 Å². The molecule has 1 aliphatic heterocycles. The predicted molar refractivity (Wildman–Crippen MR) is 99.9 cm³/mol. The van der Waals surface area contributed by atoms with Crippen LogP contribution in [0.25, 0.3) is 0 Å². The number of carbonyl (C=O) groups is 1. The van der Waals surface area contributed by atoms with E-state index in [-0.39, 0.29) is 18.4 Å². The highest BCUT2D eigenvalue weighted by atomic mass is 16.5. The smallest absolute Gasteiger partial charge is 0.225 e. The zero-order valence-corrected chi connectivity index (χ0v) is 15.9. The third kappa shape index (κ3) is 5.72. The van der Waals surface area contributed by atoms with Gasteiger partial charge in [-0.15, -0.1) is 0 Å². The van der Waals surface area contributed by atoms with E-state index in [0.717, 1.165) is 37.5 Å². The molecule has 1 saturated heterocycles. The number of nitrogens with zero attached hydrogens (tertiary/aromatic N) is 2. The van der Waals surface area contributed by atoms with Crippen molar-refractivity contribution < 1.29 is 14.6 Å². The molecule has 1 heterocycles. The van der Waals surface area contributed by atoms with Crippen molar-refractivity contribution >= 4 is 5.91 Å². The Morgan fingerprint density at radius 2 is 1.76 bits per heavy atom. The molecule has 1 fully saturated rings. The van der Waals surface area contributed by atoms with Crippen LogP contribution in [0, 0.1) is 5.92 Å². The van der Waals surface area contributed by atoms with Crippen LogP contribution < -0.4 is 4.74 Å². The maximum Gasteiger partial charge on any atom is 0.225 e. The van der Waals surface area contributed by atoms with Gasteiger partial charge in [-0.2, -0.15) is 0 Å². The van der Waals surface area contributed by atoms with Crippen LogP contribution in [-0.4, -0.2) is 66.2 Å². The van der Waals surface area contributed by atoms with Crippen molar-refractivity contribution in [2.75, 3.05) is 39.3 Å². The fraction of sp³-hybridized carbons (Fsp3) is 0.650. The molecule has 0 unspecified atom stereocenters. The van der Waals surface area contributed by atoms with Crippen molar-refractivity contribution in [1.82, 2.24) is 9.80 Å². The number of hydrogen-bond acceptors (Lipinski definition) is 4. The molecule has 1 aromatic carbocycles. The number of para-hydroxylation sites is 1. The number of aliphatic hydroxyl groups is 1. The summed E-state index contributed by atoms with van der Waals surface area (Å²) in [5, 5.41) is 10.3. The Balaban J connectivity index is 1.77. The Labute approximate surface area is 151 Å². The van der Waals surface area contributed by atoms with E-state index in [0.29, 0.717) is 12.5 Å². The van der Waals surface area contributed by atoms with E-state index in [1.807, 2.05) is 36.9 Å². The van der Waals surface area contributed by atoms with Crippen LogP contribution in [0.1, 0.15) is 39.2 Å². The van der Waals surface area contributed by atoms with E-state index in [9.17, 15) is 9.90 Å². The van der Waals surface area contributed by atoms with Gasteiger partial charge in [0.15, 0.2) is 0 Å². The number of rotatable bonds is 7. The molecular weight excluding hydrogens is 316 g/mol. The number of ether oxygens (including phenoxy) is 1. The summed E-state index contributed by atoms with van der Waals surface area (Å²) in [5.74, 6) is 1.50. The van der Waals surface area contributed by atoms with E-state index in [4.69, 9.17) is 4.74 Å². The molecule has 5 heteroatoms. The van der Waals surface area contributed by atoms with Crippen molar-refractivity contribution in [2.24, 2.45) is 5.92 Å².